The lowest BCUT2D eigenvalue weighted by molar-refractivity contribution is -0.111. The highest BCUT2D eigenvalue weighted by molar-refractivity contribution is 7.16. The molecule has 0 fully saturated rings. The van der Waals surface area contributed by atoms with Crippen molar-refractivity contribution in [1.29, 1.82) is 0 Å². The summed E-state index contributed by atoms with van der Waals surface area (Å²) in [5.41, 5.74) is 1.60. The molecule has 5 heteroatoms. The summed E-state index contributed by atoms with van der Waals surface area (Å²) in [5.74, 6) is -0.815. The molecule has 0 aliphatic heterocycles. The molecule has 0 saturated carbocycles. The Morgan fingerprint density at radius 2 is 1.88 bits per heavy atom. The van der Waals surface area contributed by atoms with Crippen LogP contribution in [0.4, 0.5) is 10.1 Å². The molecule has 0 saturated heterocycles. The van der Waals surface area contributed by atoms with Crippen LogP contribution in [0.2, 0.25) is 5.02 Å². The molecule has 0 radical (unpaired) electrons. The van der Waals surface area contributed by atoms with Crippen LogP contribution in [0.25, 0.3) is 16.5 Å². The molecular formula is C19H13ClFNOS. The number of halogens is 2. The Morgan fingerprint density at radius 1 is 1.08 bits per heavy atom. The second kappa shape index (κ2) is 7.43. The minimum absolute atomic E-state index is 0.0254. The summed E-state index contributed by atoms with van der Waals surface area (Å²) in [5, 5.41) is 2.62. The number of benzene rings is 2. The first kappa shape index (κ1) is 16.4. The maximum atomic E-state index is 13.1. The standard InChI is InChI=1S/C19H13ClFNOS/c20-16-12-14(6-9-17(16)21)22-19(23)11-8-15-7-10-18(24-15)13-4-2-1-3-5-13/h1-12H,(H,22,23)/b11-8+. The van der Waals surface area contributed by atoms with Crippen LogP contribution in [0.1, 0.15) is 4.88 Å². The van der Waals surface area contributed by atoms with Gasteiger partial charge in [0.15, 0.2) is 0 Å². The van der Waals surface area contributed by atoms with Gasteiger partial charge in [0.25, 0.3) is 0 Å². The average Bonchev–Trinajstić information content (AvgIpc) is 3.06. The van der Waals surface area contributed by atoms with Crippen LogP contribution < -0.4 is 5.32 Å². The molecule has 0 spiro atoms. The number of carbonyl (C=O) groups is 1. The third kappa shape index (κ3) is 4.10. The van der Waals surface area contributed by atoms with Gasteiger partial charge in [0.2, 0.25) is 5.91 Å². The van der Waals surface area contributed by atoms with Crippen LogP contribution >= 0.6 is 22.9 Å². The molecule has 2 nitrogen and oxygen atoms in total. The average molecular weight is 358 g/mol. The van der Waals surface area contributed by atoms with Gasteiger partial charge in [-0.25, -0.2) is 4.39 Å². The fourth-order valence-corrected chi connectivity index (χ4v) is 3.21. The summed E-state index contributed by atoms with van der Waals surface area (Å²) >= 11 is 7.29. The van der Waals surface area contributed by atoms with E-state index in [0.717, 1.165) is 15.3 Å². The van der Waals surface area contributed by atoms with Crippen LogP contribution in [-0.4, -0.2) is 5.91 Å². The zero-order valence-electron chi connectivity index (χ0n) is 12.5. The van der Waals surface area contributed by atoms with Crippen molar-refractivity contribution in [3.63, 3.8) is 0 Å². The molecule has 0 unspecified atom stereocenters. The van der Waals surface area contributed by atoms with Gasteiger partial charge in [0.05, 0.1) is 5.02 Å². The van der Waals surface area contributed by atoms with Crippen LogP contribution in [0.5, 0.6) is 0 Å². The molecule has 2 aromatic carbocycles. The van der Waals surface area contributed by atoms with E-state index < -0.39 is 5.82 Å². The second-order valence-electron chi connectivity index (χ2n) is 5.02. The third-order valence-electron chi connectivity index (χ3n) is 3.27. The van der Waals surface area contributed by atoms with E-state index in [1.807, 2.05) is 42.5 Å². The summed E-state index contributed by atoms with van der Waals surface area (Å²) in [6, 6.07) is 18.1. The first-order chi connectivity index (χ1) is 11.6. The van der Waals surface area contributed by atoms with E-state index in [0.29, 0.717) is 5.69 Å². The summed E-state index contributed by atoms with van der Waals surface area (Å²) in [4.78, 5) is 14.0. The van der Waals surface area contributed by atoms with E-state index in [4.69, 9.17) is 11.6 Å². The highest BCUT2D eigenvalue weighted by Gasteiger charge is 2.04. The van der Waals surface area contributed by atoms with Gasteiger partial charge in [-0.3, -0.25) is 4.79 Å². The quantitative estimate of drug-likeness (QED) is 0.582. The lowest BCUT2D eigenvalue weighted by Gasteiger charge is -2.02. The Labute approximate surface area is 148 Å². The van der Waals surface area contributed by atoms with Crippen LogP contribution in [0, 0.1) is 5.82 Å². The van der Waals surface area contributed by atoms with Gasteiger partial charge < -0.3 is 5.32 Å². The Kier molecular flexibility index (Phi) is 5.08. The van der Waals surface area contributed by atoms with Gasteiger partial charge in [-0.15, -0.1) is 11.3 Å². The Hall–Kier alpha value is -2.43. The van der Waals surface area contributed by atoms with Gasteiger partial charge in [-0.2, -0.15) is 0 Å². The number of amides is 1. The lowest BCUT2D eigenvalue weighted by atomic mass is 10.2. The van der Waals surface area contributed by atoms with Gasteiger partial charge in [0.1, 0.15) is 5.82 Å². The molecule has 0 aliphatic carbocycles. The fraction of sp³-hybridized carbons (Fsp3) is 0. The predicted molar refractivity (Wildman–Crippen MR) is 98.8 cm³/mol. The predicted octanol–water partition coefficient (Wildman–Crippen LogP) is 5.86. The van der Waals surface area contributed by atoms with Gasteiger partial charge >= 0.3 is 0 Å². The lowest BCUT2D eigenvalue weighted by Crippen LogP contribution is -2.07. The van der Waals surface area contributed by atoms with Gasteiger partial charge in [0, 0.05) is 21.5 Å². The maximum absolute atomic E-state index is 13.1. The molecule has 1 aromatic heterocycles. The number of hydrogen-bond donors (Lipinski definition) is 1. The number of nitrogens with one attached hydrogen (secondary N) is 1. The SMILES string of the molecule is O=C(/C=C/c1ccc(-c2ccccc2)s1)Nc1ccc(F)c(Cl)c1. The monoisotopic (exact) mass is 357 g/mol. The summed E-state index contributed by atoms with van der Waals surface area (Å²) in [6.45, 7) is 0. The third-order valence-corrected chi connectivity index (χ3v) is 4.66. The van der Waals surface area contributed by atoms with Crippen molar-refractivity contribution in [3.05, 3.63) is 82.5 Å². The molecule has 120 valence electrons. The highest BCUT2D eigenvalue weighted by Crippen LogP contribution is 2.28. The largest absolute Gasteiger partial charge is 0.322 e. The molecule has 24 heavy (non-hydrogen) atoms. The zero-order valence-corrected chi connectivity index (χ0v) is 14.1. The van der Waals surface area contributed by atoms with E-state index in [1.54, 1.807) is 17.4 Å². The van der Waals surface area contributed by atoms with Crippen LogP contribution in [0.15, 0.2) is 66.7 Å². The summed E-state index contributed by atoms with van der Waals surface area (Å²) in [6.07, 6.45) is 3.19. The van der Waals surface area contributed by atoms with Gasteiger partial charge in [-0.1, -0.05) is 41.9 Å². The molecule has 1 heterocycles. The zero-order chi connectivity index (χ0) is 16.9. The summed E-state index contributed by atoms with van der Waals surface area (Å²) in [7, 11) is 0. The molecular weight excluding hydrogens is 345 g/mol. The topological polar surface area (TPSA) is 29.1 Å². The van der Waals surface area contributed by atoms with Crippen molar-refractivity contribution >= 4 is 40.6 Å². The molecule has 3 aromatic rings. The number of anilines is 1. The smallest absolute Gasteiger partial charge is 0.248 e. The van der Waals surface area contributed by atoms with E-state index in [9.17, 15) is 9.18 Å². The Balaban J connectivity index is 1.66. The highest BCUT2D eigenvalue weighted by atomic mass is 35.5. The molecule has 1 amide bonds. The summed E-state index contributed by atoms with van der Waals surface area (Å²) < 4.78 is 13.1. The maximum Gasteiger partial charge on any atom is 0.248 e. The molecule has 1 N–H and O–H groups in total. The van der Waals surface area contributed by atoms with Crippen molar-refractivity contribution in [2.24, 2.45) is 0 Å². The molecule has 0 aliphatic rings. The van der Waals surface area contributed by atoms with Crippen molar-refractivity contribution in [1.82, 2.24) is 0 Å². The second-order valence-corrected chi connectivity index (χ2v) is 6.54. The Morgan fingerprint density at radius 3 is 2.62 bits per heavy atom. The number of carbonyl (C=O) groups excluding carboxylic acids is 1. The number of hydrogen-bond acceptors (Lipinski definition) is 2. The van der Waals surface area contributed by atoms with E-state index in [2.05, 4.69) is 5.32 Å². The Bertz CT molecular complexity index is 889. The molecule has 0 bridgehead atoms. The number of rotatable bonds is 4. The van der Waals surface area contributed by atoms with Crippen molar-refractivity contribution in [2.75, 3.05) is 5.32 Å². The minimum Gasteiger partial charge on any atom is -0.322 e. The van der Waals surface area contributed by atoms with Crippen molar-refractivity contribution < 1.29 is 9.18 Å². The van der Waals surface area contributed by atoms with E-state index in [-0.39, 0.29) is 10.9 Å². The van der Waals surface area contributed by atoms with Crippen LogP contribution in [0.3, 0.4) is 0 Å². The first-order valence-corrected chi connectivity index (χ1v) is 8.40. The normalized spacial score (nSPS) is 10.9. The van der Waals surface area contributed by atoms with Crippen molar-refractivity contribution in [2.45, 2.75) is 0 Å². The van der Waals surface area contributed by atoms with Crippen LogP contribution in [-0.2, 0) is 4.79 Å². The van der Waals surface area contributed by atoms with E-state index >= 15 is 0 Å². The van der Waals surface area contributed by atoms with E-state index in [1.165, 1.54) is 24.3 Å². The van der Waals surface area contributed by atoms with Gasteiger partial charge in [-0.05, 0) is 42.0 Å². The van der Waals surface area contributed by atoms with Crippen molar-refractivity contribution in [3.8, 4) is 10.4 Å². The number of thiophene rings is 1. The fourth-order valence-electron chi connectivity index (χ4n) is 2.12. The first-order valence-electron chi connectivity index (χ1n) is 7.21. The molecule has 3 rings (SSSR count). The minimum atomic E-state index is -0.516. The molecule has 0 atom stereocenters.